The van der Waals surface area contributed by atoms with Crippen molar-refractivity contribution in [2.24, 2.45) is 0 Å². The van der Waals surface area contributed by atoms with E-state index in [4.69, 9.17) is 9.47 Å². The first-order valence-electron chi connectivity index (χ1n) is 13.5. The highest BCUT2D eigenvalue weighted by atomic mass is 16.5. The van der Waals surface area contributed by atoms with Gasteiger partial charge in [0.15, 0.2) is 11.5 Å². The number of aromatic nitrogens is 2. The molecule has 2 heterocycles. The van der Waals surface area contributed by atoms with Crippen LogP contribution in [-0.2, 0) is 15.0 Å². The number of aromatic amines is 1. The number of hydrogen-bond acceptors (Lipinski definition) is 7. The number of amides is 1. The van der Waals surface area contributed by atoms with Gasteiger partial charge in [0.05, 0.1) is 35.9 Å². The molecule has 9 nitrogen and oxygen atoms in total. The number of anilines is 1. The molecule has 9 heteroatoms. The topological polar surface area (TPSA) is 125 Å². The van der Waals surface area contributed by atoms with E-state index in [0.29, 0.717) is 41.1 Å². The highest BCUT2D eigenvalue weighted by Gasteiger charge is 2.48. The molecule has 1 fully saturated rings. The van der Waals surface area contributed by atoms with Crippen LogP contribution >= 0.6 is 0 Å². The maximum Gasteiger partial charge on any atom is 0.302 e. The molecule has 4 aromatic rings. The fourth-order valence-electron chi connectivity index (χ4n) is 5.09. The molecule has 3 aromatic carbocycles. The maximum atomic E-state index is 13.7. The number of phenols is 1. The van der Waals surface area contributed by atoms with E-state index in [1.807, 2.05) is 45.9 Å². The van der Waals surface area contributed by atoms with E-state index in [-0.39, 0.29) is 34.2 Å². The first-order chi connectivity index (χ1) is 19.5. The van der Waals surface area contributed by atoms with Crippen molar-refractivity contribution in [3.63, 3.8) is 0 Å². The number of benzene rings is 3. The molecule has 1 amide bonds. The highest BCUT2D eigenvalue weighted by molar-refractivity contribution is 6.51. The molecule has 0 spiro atoms. The largest absolute Gasteiger partial charge is 0.507 e. The van der Waals surface area contributed by atoms with Crippen LogP contribution in [0, 0.1) is 0 Å². The number of phenolic OH excluding ortho intramolecular Hbond substituents is 1. The van der Waals surface area contributed by atoms with Gasteiger partial charge >= 0.3 is 5.91 Å². The minimum atomic E-state index is -1.06. The van der Waals surface area contributed by atoms with Crippen molar-refractivity contribution in [2.45, 2.75) is 46.1 Å². The zero-order valence-corrected chi connectivity index (χ0v) is 23.7. The van der Waals surface area contributed by atoms with Gasteiger partial charge in [-0.05, 0) is 67.3 Å². The van der Waals surface area contributed by atoms with Crippen molar-refractivity contribution in [3.05, 3.63) is 82.9 Å². The van der Waals surface area contributed by atoms with Gasteiger partial charge in [-0.3, -0.25) is 14.5 Å². The lowest BCUT2D eigenvalue weighted by molar-refractivity contribution is -0.132. The second-order valence-corrected chi connectivity index (χ2v) is 10.8. The number of imidazole rings is 1. The van der Waals surface area contributed by atoms with Crippen LogP contribution in [0.15, 0.2) is 66.2 Å². The summed E-state index contributed by atoms with van der Waals surface area (Å²) < 4.78 is 11.4. The normalized spacial score (nSPS) is 16.9. The van der Waals surface area contributed by atoms with E-state index in [1.54, 1.807) is 43.3 Å². The molecule has 0 aliphatic carbocycles. The van der Waals surface area contributed by atoms with Gasteiger partial charge in [-0.2, -0.15) is 0 Å². The Balaban J connectivity index is 1.74. The summed E-state index contributed by atoms with van der Waals surface area (Å²) in [4.78, 5) is 36.2. The predicted molar refractivity (Wildman–Crippen MR) is 156 cm³/mol. The van der Waals surface area contributed by atoms with Gasteiger partial charge in [0.1, 0.15) is 11.5 Å². The lowest BCUT2D eigenvalue weighted by atomic mass is 9.84. The number of ketones is 1. The fraction of sp³-hybridized carbons (Fsp3) is 0.281. The van der Waals surface area contributed by atoms with Crippen molar-refractivity contribution in [1.82, 2.24) is 9.97 Å². The summed E-state index contributed by atoms with van der Waals surface area (Å²) in [5.41, 5.74) is 2.53. The van der Waals surface area contributed by atoms with E-state index in [0.717, 1.165) is 5.56 Å². The summed E-state index contributed by atoms with van der Waals surface area (Å²) in [7, 11) is 0. The molecule has 0 bridgehead atoms. The van der Waals surface area contributed by atoms with Gasteiger partial charge < -0.3 is 24.7 Å². The lowest BCUT2D eigenvalue weighted by Gasteiger charge is -2.25. The minimum absolute atomic E-state index is 0.0855. The predicted octanol–water partition coefficient (Wildman–Crippen LogP) is 5.99. The van der Waals surface area contributed by atoms with E-state index < -0.39 is 17.7 Å². The molecular weight excluding hydrogens is 522 g/mol. The van der Waals surface area contributed by atoms with Gasteiger partial charge in [0.25, 0.3) is 5.78 Å². The Hall–Kier alpha value is -4.79. The van der Waals surface area contributed by atoms with Crippen LogP contribution in [0.2, 0.25) is 0 Å². The average molecular weight is 556 g/mol. The smallest absolute Gasteiger partial charge is 0.302 e. The number of para-hydroxylation sites is 2. The number of nitrogens with zero attached hydrogens (tertiary/aromatic N) is 2. The van der Waals surface area contributed by atoms with Crippen LogP contribution in [0.1, 0.15) is 57.4 Å². The number of nitrogens with one attached hydrogen (secondary N) is 1. The molecule has 212 valence electrons. The van der Waals surface area contributed by atoms with Crippen molar-refractivity contribution >= 4 is 34.4 Å². The van der Waals surface area contributed by atoms with Gasteiger partial charge in [-0.25, -0.2) is 4.98 Å². The quantitative estimate of drug-likeness (QED) is 0.145. The van der Waals surface area contributed by atoms with Crippen LogP contribution in [0.5, 0.6) is 17.2 Å². The molecule has 1 aliphatic heterocycles. The number of carbonyl (C=O) groups excluding carboxylic acids is 2. The molecule has 0 saturated carbocycles. The summed E-state index contributed by atoms with van der Waals surface area (Å²) >= 11 is 0. The van der Waals surface area contributed by atoms with Gasteiger partial charge in [-0.1, -0.05) is 39.0 Å². The van der Waals surface area contributed by atoms with Gasteiger partial charge in [0.2, 0.25) is 5.95 Å². The number of fused-ring (bicyclic) bond motifs is 1. The van der Waals surface area contributed by atoms with Crippen LogP contribution in [0.25, 0.3) is 16.8 Å². The first kappa shape index (κ1) is 27.8. The third-order valence-corrected chi connectivity index (χ3v) is 7.01. The molecule has 41 heavy (non-hydrogen) atoms. The summed E-state index contributed by atoms with van der Waals surface area (Å²) in [6.07, 6.45) is 0. The second-order valence-electron chi connectivity index (χ2n) is 10.8. The number of ether oxygens (including phenoxy) is 2. The van der Waals surface area contributed by atoms with Crippen molar-refractivity contribution in [1.29, 1.82) is 0 Å². The Morgan fingerprint density at radius 3 is 2.37 bits per heavy atom. The number of carbonyl (C=O) groups is 2. The average Bonchev–Trinajstić information content (AvgIpc) is 3.47. The number of aliphatic hydroxyl groups excluding tert-OH is 1. The first-order valence-corrected chi connectivity index (χ1v) is 13.5. The van der Waals surface area contributed by atoms with E-state index in [2.05, 4.69) is 9.97 Å². The number of hydrogen-bond donors (Lipinski definition) is 3. The van der Waals surface area contributed by atoms with Crippen molar-refractivity contribution in [2.75, 3.05) is 18.1 Å². The van der Waals surface area contributed by atoms with Gasteiger partial charge in [0, 0.05) is 11.1 Å². The third kappa shape index (κ3) is 4.99. The fourth-order valence-corrected chi connectivity index (χ4v) is 5.09. The minimum Gasteiger partial charge on any atom is -0.507 e. The number of aliphatic hydroxyl groups is 1. The second kappa shape index (κ2) is 10.6. The number of H-pyrrole nitrogens is 1. The zero-order chi connectivity index (χ0) is 29.5. The Kier molecular flexibility index (Phi) is 7.21. The lowest BCUT2D eigenvalue weighted by Crippen LogP contribution is -2.30. The van der Waals surface area contributed by atoms with Gasteiger partial charge in [-0.15, -0.1) is 0 Å². The molecule has 5 rings (SSSR count). The van der Waals surface area contributed by atoms with Crippen LogP contribution in [-0.4, -0.2) is 45.1 Å². The number of rotatable bonds is 7. The number of Topliss-reactive ketones (excluding diaryl/α,β-unsaturated/α-hetero) is 1. The molecule has 1 saturated heterocycles. The molecule has 0 radical (unpaired) electrons. The summed E-state index contributed by atoms with van der Waals surface area (Å²) in [5, 5.41) is 22.1. The molecular formula is C32H33N3O6. The molecule has 1 aromatic heterocycles. The van der Waals surface area contributed by atoms with Crippen LogP contribution in [0.4, 0.5) is 5.95 Å². The van der Waals surface area contributed by atoms with Crippen LogP contribution < -0.4 is 14.4 Å². The van der Waals surface area contributed by atoms with Crippen molar-refractivity contribution in [3.8, 4) is 17.2 Å². The van der Waals surface area contributed by atoms with E-state index >= 15 is 0 Å². The highest BCUT2D eigenvalue weighted by Crippen LogP contribution is 2.44. The van der Waals surface area contributed by atoms with E-state index in [9.17, 15) is 19.8 Å². The Labute approximate surface area is 238 Å². The maximum absolute atomic E-state index is 13.7. The van der Waals surface area contributed by atoms with Crippen molar-refractivity contribution < 1.29 is 29.3 Å². The molecule has 1 aliphatic rings. The Bertz CT molecular complexity index is 1650. The number of aromatic hydroxyl groups is 1. The monoisotopic (exact) mass is 555 g/mol. The standard InChI is InChI=1S/C32H33N3O6/c1-6-40-24-15-13-19(16-20(24)32(3,4)5)28(37)26-27(18-12-14-23(36)25(17-18)41-7-2)35(30(39)29(26)38)31-33-21-10-8-9-11-22(21)34-31/h8-17,27,36-37H,6-7H2,1-5H3,(H,33,34)/b28-26+. The summed E-state index contributed by atoms with van der Waals surface area (Å²) in [5.74, 6) is -1.09. The molecule has 1 unspecified atom stereocenters. The third-order valence-electron chi connectivity index (χ3n) is 7.01. The Morgan fingerprint density at radius 1 is 0.976 bits per heavy atom. The molecule has 1 atom stereocenters. The summed E-state index contributed by atoms with van der Waals surface area (Å²) in [6.45, 7) is 10.5. The molecule has 3 N–H and O–H groups in total. The van der Waals surface area contributed by atoms with Crippen LogP contribution in [0.3, 0.4) is 0 Å². The Morgan fingerprint density at radius 2 is 1.68 bits per heavy atom. The van der Waals surface area contributed by atoms with E-state index in [1.165, 1.54) is 11.0 Å². The SMILES string of the molecule is CCOc1cc(C2/C(=C(\O)c3ccc(OCC)c(C(C)(C)C)c3)C(=O)C(=O)N2c2nc3ccccc3[nH]2)ccc1O. The summed E-state index contributed by atoms with van der Waals surface area (Å²) in [6, 6.07) is 16.0. The zero-order valence-electron chi connectivity index (χ0n) is 23.7.